The minimum absolute atomic E-state index is 0.126. The largest absolute Gasteiger partial charge is 0.543 e. The lowest BCUT2D eigenvalue weighted by Gasteiger charge is -2.01. The van der Waals surface area contributed by atoms with Gasteiger partial charge in [-0.2, -0.15) is 5.10 Å². The van der Waals surface area contributed by atoms with Crippen LogP contribution in [0.2, 0.25) is 0 Å². The fraction of sp³-hybridized carbons (Fsp3) is 0.200. The summed E-state index contributed by atoms with van der Waals surface area (Å²) in [4.78, 5) is 10.3. The quantitative estimate of drug-likeness (QED) is 0.625. The molecule has 0 spiro atoms. The maximum absolute atomic E-state index is 10.3. The van der Waals surface area contributed by atoms with E-state index in [0.717, 1.165) is 0 Å². The summed E-state index contributed by atoms with van der Waals surface area (Å²) in [7, 11) is 1.56. The Balaban J connectivity index is 3.23. The summed E-state index contributed by atoms with van der Waals surface area (Å²) in [5.41, 5.74) is 0.126. The normalized spacial score (nSPS) is 9.80. The van der Waals surface area contributed by atoms with E-state index in [0.29, 0.717) is 3.57 Å². The Kier molecular flexibility index (Phi) is 1.93. The highest BCUT2D eigenvalue weighted by molar-refractivity contribution is 14.1. The predicted octanol–water partition coefficient (Wildman–Crippen LogP) is -0.612. The van der Waals surface area contributed by atoms with E-state index in [1.165, 1.54) is 10.9 Å². The van der Waals surface area contributed by atoms with Gasteiger partial charge in [0.05, 0.1) is 21.4 Å². The van der Waals surface area contributed by atoms with Crippen molar-refractivity contribution in [3.05, 3.63) is 15.5 Å². The number of halogens is 1. The Bertz CT molecular complexity index is 249. The van der Waals surface area contributed by atoms with E-state index in [4.69, 9.17) is 0 Å². The summed E-state index contributed by atoms with van der Waals surface area (Å²) in [6.45, 7) is 0. The Hall–Kier alpha value is -0.590. The molecule has 0 unspecified atom stereocenters. The van der Waals surface area contributed by atoms with Gasteiger partial charge in [-0.15, -0.1) is 0 Å². The zero-order valence-electron chi connectivity index (χ0n) is 5.17. The fourth-order valence-corrected chi connectivity index (χ4v) is 1.33. The highest BCUT2D eigenvalue weighted by Crippen LogP contribution is 2.08. The number of nitrogens with zero attached hydrogens (tertiary/aromatic N) is 2. The molecule has 4 nitrogen and oxygen atoms in total. The molecule has 0 bridgehead atoms. The monoisotopic (exact) mass is 251 g/mol. The second kappa shape index (κ2) is 2.57. The van der Waals surface area contributed by atoms with Crippen molar-refractivity contribution >= 4 is 28.6 Å². The zero-order chi connectivity index (χ0) is 7.72. The van der Waals surface area contributed by atoms with E-state index in [-0.39, 0.29) is 5.69 Å². The van der Waals surface area contributed by atoms with Crippen molar-refractivity contribution in [1.82, 2.24) is 9.78 Å². The van der Waals surface area contributed by atoms with Crippen LogP contribution in [0.1, 0.15) is 10.5 Å². The van der Waals surface area contributed by atoms with Crippen LogP contribution < -0.4 is 5.11 Å². The minimum atomic E-state index is -1.19. The third kappa shape index (κ3) is 1.13. The summed E-state index contributed by atoms with van der Waals surface area (Å²) in [6, 6.07) is 0. The molecule has 1 aromatic heterocycles. The first-order valence-electron chi connectivity index (χ1n) is 2.51. The standard InChI is InChI=1S/C5H5IN2O2/c1-8-4(5(9)10)3(6)2-7-8/h2H,1H3,(H,9,10)/p-1. The van der Waals surface area contributed by atoms with Crippen LogP contribution in [0, 0.1) is 3.57 Å². The number of carbonyl (C=O) groups is 1. The molecule has 1 aromatic rings. The van der Waals surface area contributed by atoms with Crippen LogP contribution in [-0.4, -0.2) is 15.7 Å². The van der Waals surface area contributed by atoms with Crippen molar-refractivity contribution < 1.29 is 9.90 Å². The summed E-state index contributed by atoms with van der Waals surface area (Å²) in [5, 5.41) is 14.1. The lowest BCUT2D eigenvalue weighted by molar-refractivity contribution is -0.255. The molecule has 54 valence electrons. The van der Waals surface area contributed by atoms with E-state index in [1.54, 1.807) is 7.05 Å². The molecule has 0 aromatic carbocycles. The predicted molar refractivity (Wildman–Crippen MR) is 40.3 cm³/mol. The summed E-state index contributed by atoms with van der Waals surface area (Å²) >= 11 is 1.89. The van der Waals surface area contributed by atoms with Crippen LogP contribution >= 0.6 is 22.6 Å². The molecule has 0 amide bonds. The number of hydrogen-bond donors (Lipinski definition) is 0. The second-order valence-corrected chi connectivity index (χ2v) is 2.91. The van der Waals surface area contributed by atoms with E-state index in [2.05, 4.69) is 5.10 Å². The third-order valence-corrected chi connectivity index (χ3v) is 1.88. The van der Waals surface area contributed by atoms with E-state index in [1.807, 2.05) is 22.6 Å². The average molecular weight is 251 g/mol. The highest BCUT2D eigenvalue weighted by Gasteiger charge is 2.04. The van der Waals surface area contributed by atoms with Gasteiger partial charge in [-0.25, -0.2) is 0 Å². The number of aromatic nitrogens is 2. The van der Waals surface area contributed by atoms with Gasteiger partial charge >= 0.3 is 0 Å². The van der Waals surface area contributed by atoms with Crippen LogP contribution in [0.25, 0.3) is 0 Å². The second-order valence-electron chi connectivity index (χ2n) is 1.75. The Morgan fingerprint density at radius 3 is 2.70 bits per heavy atom. The number of hydrogen-bond acceptors (Lipinski definition) is 3. The summed E-state index contributed by atoms with van der Waals surface area (Å²) in [6.07, 6.45) is 1.48. The topological polar surface area (TPSA) is 58.0 Å². The van der Waals surface area contributed by atoms with Gasteiger partial charge in [-0.1, -0.05) is 0 Å². The lowest BCUT2D eigenvalue weighted by Crippen LogP contribution is -2.26. The van der Waals surface area contributed by atoms with Crippen LogP contribution in [0.15, 0.2) is 6.20 Å². The molecule has 0 aliphatic carbocycles. The first kappa shape index (κ1) is 7.52. The van der Waals surface area contributed by atoms with E-state index >= 15 is 0 Å². The van der Waals surface area contributed by atoms with Gasteiger partial charge in [0.15, 0.2) is 0 Å². The first-order chi connectivity index (χ1) is 4.63. The maximum atomic E-state index is 10.3. The Morgan fingerprint density at radius 2 is 2.50 bits per heavy atom. The number of rotatable bonds is 1. The van der Waals surface area contributed by atoms with Crippen LogP contribution in [0.5, 0.6) is 0 Å². The molecule has 0 N–H and O–H groups in total. The first-order valence-corrected chi connectivity index (χ1v) is 3.59. The molecular formula is C5H4IN2O2-. The molecule has 0 fully saturated rings. The van der Waals surface area contributed by atoms with Crippen molar-refractivity contribution in [2.45, 2.75) is 0 Å². The van der Waals surface area contributed by atoms with Gasteiger partial charge in [0.2, 0.25) is 0 Å². The van der Waals surface area contributed by atoms with Gasteiger partial charge in [-0.3, -0.25) is 4.68 Å². The zero-order valence-corrected chi connectivity index (χ0v) is 7.32. The van der Waals surface area contributed by atoms with Gasteiger partial charge in [0.1, 0.15) is 0 Å². The Morgan fingerprint density at radius 1 is 1.90 bits per heavy atom. The molecule has 1 rings (SSSR count). The number of carboxylic acid groups (broad SMARTS) is 1. The van der Waals surface area contributed by atoms with E-state index in [9.17, 15) is 9.90 Å². The lowest BCUT2D eigenvalue weighted by atomic mass is 10.4. The number of aromatic carboxylic acids is 1. The smallest absolute Gasteiger partial charge is 0.0967 e. The SMILES string of the molecule is Cn1ncc(I)c1C(=O)[O-]. The van der Waals surface area contributed by atoms with Crippen molar-refractivity contribution in [2.75, 3.05) is 0 Å². The van der Waals surface area contributed by atoms with Crippen LogP contribution in [0.4, 0.5) is 0 Å². The molecule has 0 aliphatic rings. The molecule has 10 heavy (non-hydrogen) atoms. The number of carbonyl (C=O) groups excluding carboxylic acids is 1. The van der Waals surface area contributed by atoms with Crippen LogP contribution in [0.3, 0.4) is 0 Å². The molecular weight excluding hydrogens is 247 g/mol. The van der Waals surface area contributed by atoms with Crippen molar-refractivity contribution in [1.29, 1.82) is 0 Å². The van der Waals surface area contributed by atoms with Gasteiger partial charge in [0.25, 0.3) is 0 Å². The summed E-state index contributed by atoms with van der Waals surface area (Å²) < 4.78 is 1.87. The highest BCUT2D eigenvalue weighted by atomic mass is 127. The molecule has 0 atom stereocenters. The van der Waals surface area contributed by atoms with Crippen molar-refractivity contribution in [3.63, 3.8) is 0 Å². The Labute approximate surface area is 71.0 Å². The molecule has 5 heteroatoms. The third-order valence-electron chi connectivity index (χ3n) is 1.09. The van der Waals surface area contributed by atoms with Gasteiger partial charge in [-0.05, 0) is 22.6 Å². The maximum Gasteiger partial charge on any atom is 0.0967 e. The summed E-state index contributed by atoms with van der Waals surface area (Å²) in [5.74, 6) is -1.19. The average Bonchev–Trinajstić information content (AvgIpc) is 2.11. The van der Waals surface area contributed by atoms with Crippen molar-refractivity contribution in [2.24, 2.45) is 7.05 Å². The number of carboxylic acids is 1. The molecule has 0 saturated carbocycles. The molecule has 0 radical (unpaired) electrons. The molecule has 0 aliphatic heterocycles. The van der Waals surface area contributed by atoms with Crippen LogP contribution in [-0.2, 0) is 7.05 Å². The van der Waals surface area contributed by atoms with E-state index < -0.39 is 5.97 Å². The van der Waals surface area contributed by atoms with Crippen molar-refractivity contribution in [3.8, 4) is 0 Å². The van der Waals surface area contributed by atoms with Gasteiger partial charge in [0, 0.05) is 7.05 Å². The fourth-order valence-electron chi connectivity index (χ4n) is 0.640. The molecule has 0 saturated heterocycles. The number of aryl methyl sites for hydroxylation is 1. The van der Waals surface area contributed by atoms with Gasteiger partial charge < -0.3 is 9.90 Å². The molecule has 1 heterocycles. The minimum Gasteiger partial charge on any atom is -0.543 e.